The molecule has 0 radical (unpaired) electrons. The second-order valence-electron chi connectivity index (χ2n) is 9.90. The minimum absolute atomic E-state index is 0.0261. The molecular weight excluding hydrogens is 458 g/mol. The van der Waals surface area contributed by atoms with Gasteiger partial charge >= 0.3 is 0 Å². The topological polar surface area (TPSA) is 88.2 Å². The molecule has 0 saturated heterocycles. The van der Waals surface area contributed by atoms with Crippen molar-refractivity contribution in [2.45, 2.75) is 38.8 Å². The van der Waals surface area contributed by atoms with Crippen LogP contribution in [0.25, 0.3) is 0 Å². The molecule has 0 unspecified atom stereocenters. The number of methoxy groups -OCH3 is 1. The largest absolute Gasteiger partial charge is 0.491 e. The second-order valence-corrected chi connectivity index (χ2v) is 9.90. The van der Waals surface area contributed by atoms with E-state index < -0.39 is 0 Å². The van der Waals surface area contributed by atoms with Crippen molar-refractivity contribution in [2.75, 3.05) is 39.2 Å². The Bertz CT molecular complexity index is 1100. The van der Waals surface area contributed by atoms with Gasteiger partial charge in [0.25, 0.3) is 11.8 Å². The Balaban J connectivity index is 1.65. The lowest BCUT2D eigenvalue weighted by Gasteiger charge is -2.36. The maximum Gasteiger partial charge on any atom is 0.257 e. The van der Waals surface area contributed by atoms with Gasteiger partial charge in [0.2, 0.25) is 5.91 Å². The van der Waals surface area contributed by atoms with Crippen molar-refractivity contribution in [1.82, 2.24) is 9.80 Å². The average Bonchev–Trinajstić information content (AvgIpc) is 3.74. The zero-order chi connectivity index (χ0) is 25.8. The van der Waals surface area contributed by atoms with Crippen LogP contribution in [0.3, 0.4) is 0 Å². The maximum atomic E-state index is 13.5. The highest BCUT2D eigenvalue weighted by Gasteiger charge is 2.32. The molecule has 0 spiro atoms. The number of nitrogens with zero attached hydrogens (tertiary/aromatic N) is 2. The Kier molecular flexibility index (Phi) is 7.94. The normalized spacial score (nSPS) is 23.1. The number of anilines is 1. The highest BCUT2D eigenvalue weighted by Crippen LogP contribution is 2.31. The third-order valence-corrected chi connectivity index (χ3v) is 6.94. The summed E-state index contributed by atoms with van der Waals surface area (Å²) in [6.45, 7) is 4.98. The van der Waals surface area contributed by atoms with E-state index in [1.807, 2.05) is 49.1 Å². The van der Waals surface area contributed by atoms with Crippen molar-refractivity contribution < 1.29 is 23.9 Å². The van der Waals surface area contributed by atoms with Gasteiger partial charge in [0.15, 0.2) is 0 Å². The average molecular weight is 494 g/mol. The van der Waals surface area contributed by atoms with E-state index in [1.54, 1.807) is 37.3 Å². The molecule has 3 amide bonds. The lowest BCUT2D eigenvalue weighted by Crippen LogP contribution is -2.48. The number of fused-ring (bicyclic) bond motifs is 1. The van der Waals surface area contributed by atoms with Crippen molar-refractivity contribution in [3.05, 3.63) is 59.7 Å². The first kappa shape index (κ1) is 25.7. The van der Waals surface area contributed by atoms with Crippen molar-refractivity contribution in [1.29, 1.82) is 0 Å². The number of hydrogen-bond acceptors (Lipinski definition) is 5. The second kappa shape index (κ2) is 11.1. The molecule has 0 aromatic heterocycles. The zero-order valence-electron chi connectivity index (χ0n) is 21.4. The molecule has 2 aliphatic rings. The molecule has 1 aliphatic heterocycles. The van der Waals surface area contributed by atoms with E-state index in [0.29, 0.717) is 35.7 Å². The summed E-state index contributed by atoms with van der Waals surface area (Å²) in [4.78, 5) is 42.6. The van der Waals surface area contributed by atoms with Crippen LogP contribution in [-0.4, -0.2) is 73.5 Å². The molecule has 8 heteroatoms. The van der Waals surface area contributed by atoms with Gasteiger partial charge in [0.05, 0.1) is 17.7 Å². The molecule has 2 aromatic carbocycles. The van der Waals surface area contributed by atoms with Gasteiger partial charge in [0, 0.05) is 50.3 Å². The number of nitrogens with one attached hydrogen (secondary N) is 1. The van der Waals surface area contributed by atoms with Gasteiger partial charge in [-0.1, -0.05) is 25.1 Å². The third kappa shape index (κ3) is 5.87. The summed E-state index contributed by atoms with van der Waals surface area (Å²) >= 11 is 0. The van der Waals surface area contributed by atoms with E-state index in [1.165, 1.54) is 0 Å². The number of likely N-dealkylation sites (N-methyl/N-ethyl adjacent to an activating group) is 1. The lowest BCUT2D eigenvalue weighted by atomic mass is 10.0. The van der Waals surface area contributed by atoms with Crippen molar-refractivity contribution >= 4 is 23.4 Å². The molecule has 4 rings (SSSR count). The summed E-state index contributed by atoms with van der Waals surface area (Å²) in [5, 5.41) is 2.91. The van der Waals surface area contributed by atoms with E-state index in [4.69, 9.17) is 9.47 Å². The molecule has 192 valence electrons. The highest BCUT2D eigenvalue weighted by atomic mass is 16.5. The molecule has 1 saturated carbocycles. The molecule has 1 heterocycles. The number of carbonyl (C=O) groups excluding carboxylic acids is 3. The van der Waals surface area contributed by atoms with Crippen LogP contribution >= 0.6 is 0 Å². The Hall–Kier alpha value is -3.39. The highest BCUT2D eigenvalue weighted by molar-refractivity contribution is 6.00. The Labute approximate surface area is 212 Å². The molecular formula is C28H35N3O5. The minimum atomic E-state index is -0.279. The van der Waals surface area contributed by atoms with Crippen molar-refractivity contribution in [3.8, 4) is 5.75 Å². The van der Waals surface area contributed by atoms with Crippen LogP contribution in [0.4, 0.5) is 5.69 Å². The van der Waals surface area contributed by atoms with Crippen LogP contribution in [0.5, 0.6) is 5.75 Å². The fraction of sp³-hybridized carbons (Fsp3) is 0.464. The number of rotatable bonds is 4. The Morgan fingerprint density at radius 1 is 1.06 bits per heavy atom. The summed E-state index contributed by atoms with van der Waals surface area (Å²) in [5.41, 5.74) is 1.54. The number of ether oxygens (including phenoxy) is 2. The van der Waals surface area contributed by atoms with Gasteiger partial charge in [-0.3, -0.25) is 14.4 Å². The number of amides is 3. The van der Waals surface area contributed by atoms with E-state index >= 15 is 0 Å². The van der Waals surface area contributed by atoms with Gasteiger partial charge < -0.3 is 24.6 Å². The first-order chi connectivity index (χ1) is 17.3. The summed E-state index contributed by atoms with van der Waals surface area (Å²) in [5.74, 6) is 0.113. The monoisotopic (exact) mass is 493 g/mol. The number of hydrogen-bond donors (Lipinski definition) is 1. The fourth-order valence-corrected chi connectivity index (χ4v) is 4.47. The van der Waals surface area contributed by atoms with E-state index in [2.05, 4.69) is 5.32 Å². The van der Waals surface area contributed by atoms with Gasteiger partial charge in [-0.15, -0.1) is 0 Å². The SMILES string of the molecule is CO[C@@H]1CN(C)C(=O)c2cc(NC(=O)C3CC3)ccc2OC[C@H](C)N(C(=O)c2ccccc2)C[C@@H]1C. The number of benzene rings is 2. The predicted octanol–water partition coefficient (Wildman–Crippen LogP) is 3.68. The zero-order valence-corrected chi connectivity index (χ0v) is 21.4. The van der Waals surface area contributed by atoms with Crippen LogP contribution < -0.4 is 10.1 Å². The minimum Gasteiger partial charge on any atom is -0.491 e. The summed E-state index contributed by atoms with van der Waals surface area (Å²) in [6, 6.07) is 14.1. The molecule has 3 atom stereocenters. The van der Waals surface area contributed by atoms with Crippen LogP contribution in [0.2, 0.25) is 0 Å². The summed E-state index contributed by atoms with van der Waals surface area (Å²) < 4.78 is 11.9. The fourth-order valence-electron chi connectivity index (χ4n) is 4.47. The van der Waals surface area contributed by atoms with Crippen LogP contribution in [-0.2, 0) is 9.53 Å². The maximum absolute atomic E-state index is 13.5. The molecule has 1 N–H and O–H groups in total. The molecule has 0 bridgehead atoms. The molecule has 8 nitrogen and oxygen atoms in total. The molecule has 1 aliphatic carbocycles. The number of carbonyl (C=O) groups is 3. The van der Waals surface area contributed by atoms with Crippen LogP contribution in [0.15, 0.2) is 48.5 Å². The third-order valence-electron chi connectivity index (χ3n) is 6.94. The standard InChI is InChI=1S/C28H35N3O5/c1-18-15-31(27(33)21-8-6-5-7-9-21)19(2)17-36-24-13-12-22(29-26(32)20-10-11-20)14-23(24)28(34)30(3)16-25(18)35-4/h5-9,12-14,18-20,25H,10-11,15-17H2,1-4H3,(H,29,32)/t18-,19-,25+/m0/s1. The van der Waals surface area contributed by atoms with Gasteiger partial charge in [0.1, 0.15) is 12.4 Å². The first-order valence-corrected chi connectivity index (χ1v) is 12.5. The molecule has 2 aromatic rings. The molecule has 1 fully saturated rings. The van der Waals surface area contributed by atoms with Crippen LogP contribution in [0, 0.1) is 11.8 Å². The smallest absolute Gasteiger partial charge is 0.257 e. The molecule has 36 heavy (non-hydrogen) atoms. The van der Waals surface area contributed by atoms with E-state index in [0.717, 1.165) is 12.8 Å². The van der Waals surface area contributed by atoms with Gasteiger partial charge in [-0.2, -0.15) is 0 Å². The van der Waals surface area contributed by atoms with Gasteiger partial charge in [-0.25, -0.2) is 0 Å². The first-order valence-electron chi connectivity index (χ1n) is 12.5. The van der Waals surface area contributed by atoms with Crippen LogP contribution in [0.1, 0.15) is 47.4 Å². The Morgan fingerprint density at radius 2 is 1.78 bits per heavy atom. The van der Waals surface area contributed by atoms with Crippen molar-refractivity contribution in [3.63, 3.8) is 0 Å². The van der Waals surface area contributed by atoms with Crippen molar-refractivity contribution in [2.24, 2.45) is 11.8 Å². The Morgan fingerprint density at radius 3 is 2.44 bits per heavy atom. The quantitative estimate of drug-likeness (QED) is 0.702. The summed E-state index contributed by atoms with van der Waals surface area (Å²) in [6.07, 6.45) is 1.52. The lowest BCUT2D eigenvalue weighted by molar-refractivity contribution is -0.117. The van der Waals surface area contributed by atoms with E-state index in [9.17, 15) is 14.4 Å². The van der Waals surface area contributed by atoms with Gasteiger partial charge in [-0.05, 0) is 50.1 Å². The predicted molar refractivity (Wildman–Crippen MR) is 137 cm³/mol. The van der Waals surface area contributed by atoms with E-state index in [-0.39, 0.29) is 48.3 Å². The summed E-state index contributed by atoms with van der Waals surface area (Å²) in [7, 11) is 3.35.